The number of hydrogen-bond donors (Lipinski definition) is 3. The van der Waals surface area contributed by atoms with Crippen molar-refractivity contribution in [1.82, 2.24) is 10.3 Å². The highest BCUT2D eigenvalue weighted by Gasteiger charge is 2.23. The summed E-state index contributed by atoms with van der Waals surface area (Å²) in [6.45, 7) is 0.321. The number of furan rings is 1. The van der Waals surface area contributed by atoms with E-state index in [1.54, 1.807) is 24.3 Å². The topological polar surface area (TPSA) is 104 Å². The Bertz CT molecular complexity index is 993. The maximum atomic E-state index is 12.6. The molecule has 4 rings (SSSR count). The molecule has 0 unspecified atom stereocenters. The normalized spacial score (nSPS) is 13.4. The maximum absolute atomic E-state index is 12.6. The minimum atomic E-state index is -0.315. The standard InChI is InChI=1S/C18H15N3O4/c22-9-12-6-10-5-11(1-2-16(10)25-12)21-18(24)15-8-19-7-14-13(15)3-4-20-17(14)23/h1-2,5-8,22H,3-4,9H2,(H,20,23)(H,21,24). The van der Waals surface area contributed by atoms with Crippen LogP contribution in [0.15, 0.2) is 41.1 Å². The second kappa shape index (κ2) is 6.03. The molecule has 7 nitrogen and oxygen atoms in total. The van der Waals surface area contributed by atoms with Gasteiger partial charge in [0.2, 0.25) is 0 Å². The SMILES string of the molecule is O=C1NCCc2c1cncc2C(=O)Nc1ccc2oc(CO)cc2c1. The average molecular weight is 337 g/mol. The first-order valence-electron chi connectivity index (χ1n) is 7.85. The maximum Gasteiger partial charge on any atom is 0.257 e. The summed E-state index contributed by atoms with van der Waals surface area (Å²) < 4.78 is 5.43. The first-order chi connectivity index (χ1) is 12.2. The molecule has 0 radical (unpaired) electrons. The quantitative estimate of drug-likeness (QED) is 0.677. The van der Waals surface area contributed by atoms with Crippen molar-refractivity contribution in [1.29, 1.82) is 0 Å². The van der Waals surface area contributed by atoms with Crippen molar-refractivity contribution in [3.63, 3.8) is 0 Å². The van der Waals surface area contributed by atoms with Gasteiger partial charge < -0.3 is 20.2 Å². The minimum absolute atomic E-state index is 0.180. The van der Waals surface area contributed by atoms with Gasteiger partial charge in [-0.2, -0.15) is 0 Å². The van der Waals surface area contributed by atoms with Crippen molar-refractivity contribution in [2.75, 3.05) is 11.9 Å². The van der Waals surface area contributed by atoms with Crippen LogP contribution in [-0.2, 0) is 13.0 Å². The molecule has 0 saturated carbocycles. The molecule has 3 aromatic rings. The molecule has 0 spiro atoms. The molecule has 3 heterocycles. The molecule has 0 atom stereocenters. The third kappa shape index (κ3) is 2.74. The highest BCUT2D eigenvalue weighted by atomic mass is 16.4. The van der Waals surface area contributed by atoms with Crippen LogP contribution >= 0.6 is 0 Å². The fourth-order valence-corrected chi connectivity index (χ4v) is 3.00. The van der Waals surface area contributed by atoms with Crippen LogP contribution < -0.4 is 10.6 Å². The Labute approximate surface area is 142 Å². The number of nitrogens with one attached hydrogen (secondary N) is 2. The zero-order valence-corrected chi connectivity index (χ0v) is 13.2. The van der Waals surface area contributed by atoms with Crippen molar-refractivity contribution in [2.45, 2.75) is 13.0 Å². The molecular formula is C18H15N3O4. The first kappa shape index (κ1) is 15.3. The third-order valence-electron chi connectivity index (χ3n) is 4.19. The van der Waals surface area contributed by atoms with Crippen molar-refractivity contribution in [2.24, 2.45) is 0 Å². The Balaban J connectivity index is 1.64. The summed E-state index contributed by atoms with van der Waals surface area (Å²) in [6.07, 6.45) is 3.55. The zero-order chi connectivity index (χ0) is 17.4. The number of carbonyl (C=O) groups is 2. The number of aliphatic hydroxyl groups is 1. The molecule has 126 valence electrons. The smallest absolute Gasteiger partial charge is 0.257 e. The van der Waals surface area contributed by atoms with Crippen LogP contribution in [-0.4, -0.2) is 28.4 Å². The molecule has 0 bridgehead atoms. The number of carbonyl (C=O) groups excluding carboxylic acids is 2. The number of fused-ring (bicyclic) bond motifs is 2. The fourth-order valence-electron chi connectivity index (χ4n) is 3.00. The van der Waals surface area contributed by atoms with Gasteiger partial charge in [-0.15, -0.1) is 0 Å². The number of aliphatic hydroxyl groups excluding tert-OH is 1. The highest BCUT2D eigenvalue weighted by Crippen LogP contribution is 2.24. The summed E-state index contributed by atoms with van der Waals surface area (Å²) in [5.41, 5.74) is 2.79. The molecule has 0 aliphatic carbocycles. The van der Waals surface area contributed by atoms with E-state index in [-0.39, 0.29) is 18.4 Å². The van der Waals surface area contributed by atoms with E-state index in [1.807, 2.05) is 0 Å². The molecule has 25 heavy (non-hydrogen) atoms. The second-order valence-corrected chi connectivity index (χ2v) is 5.80. The van der Waals surface area contributed by atoms with E-state index in [0.29, 0.717) is 46.7 Å². The number of benzene rings is 1. The minimum Gasteiger partial charge on any atom is -0.459 e. The number of hydrogen-bond acceptors (Lipinski definition) is 5. The molecule has 0 saturated heterocycles. The van der Waals surface area contributed by atoms with Crippen LogP contribution in [0.2, 0.25) is 0 Å². The van der Waals surface area contributed by atoms with Gasteiger partial charge in [0.05, 0.1) is 11.1 Å². The van der Waals surface area contributed by atoms with Crippen LogP contribution in [0, 0.1) is 0 Å². The first-order valence-corrected chi connectivity index (χ1v) is 7.85. The van der Waals surface area contributed by atoms with E-state index in [9.17, 15) is 9.59 Å². The van der Waals surface area contributed by atoms with Crippen LogP contribution in [0.25, 0.3) is 11.0 Å². The van der Waals surface area contributed by atoms with E-state index in [2.05, 4.69) is 15.6 Å². The lowest BCUT2D eigenvalue weighted by Crippen LogP contribution is -2.33. The predicted molar refractivity (Wildman–Crippen MR) is 90.4 cm³/mol. The van der Waals surface area contributed by atoms with Crippen molar-refractivity contribution in [3.05, 3.63) is 59.1 Å². The number of aromatic nitrogens is 1. The number of amides is 2. The van der Waals surface area contributed by atoms with Crippen molar-refractivity contribution < 1.29 is 19.1 Å². The molecule has 0 fully saturated rings. The van der Waals surface area contributed by atoms with Gasteiger partial charge in [0.15, 0.2) is 0 Å². The lowest BCUT2D eigenvalue weighted by molar-refractivity contribution is 0.0945. The molecular weight excluding hydrogens is 322 g/mol. The van der Waals surface area contributed by atoms with Crippen LogP contribution in [0.1, 0.15) is 32.0 Å². The average Bonchev–Trinajstić information content (AvgIpc) is 3.04. The van der Waals surface area contributed by atoms with Crippen molar-refractivity contribution in [3.8, 4) is 0 Å². The van der Waals surface area contributed by atoms with Gasteiger partial charge in [-0.25, -0.2) is 0 Å². The lowest BCUT2D eigenvalue weighted by atomic mass is 9.97. The van der Waals surface area contributed by atoms with Gasteiger partial charge in [0, 0.05) is 30.0 Å². The Kier molecular flexibility index (Phi) is 3.70. The summed E-state index contributed by atoms with van der Waals surface area (Å²) >= 11 is 0. The van der Waals surface area contributed by atoms with E-state index in [4.69, 9.17) is 9.52 Å². The second-order valence-electron chi connectivity index (χ2n) is 5.80. The molecule has 1 aliphatic rings. The Morgan fingerprint density at radius 2 is 2.20 bits per heavy atom. The van der Waals surface area contributed by atoms with Gasteiger partial charge >= 0.3 is 0 Å². The van der Waals surface area contributed by atoms with Crippen LogP contribution in [0.3, 0.4) is 0 Å². The van der Waals surface area contributed by atoms with Crippen LogP contribution in [0.5, 0.6) is 0 Å². The molecule has 1 aliphatic heterocycles. The summed E-state index contributed by atoms with van der Waals surface area (Å²) in [6, 6.07) is 6.95. The monoisotopic (exact) mass is 337 g/mol. The summed E-state index contributed by atoms with van der Waals surface area (Å²) in [4.78, 5) is 28.5. The van der Waals surface area contributed by atoms with E-state index in [1.165, 1.54) is 12.4 Å². The van der Waals surface area contributed by atoms with E-state index < -0.39 is 0 Å². The van der Waals surface area contributed by atoms with Gasteiger partial charge in [-0.05, 0) is 36.2 Å². The predicted octanol–water partition coefficient (Wildman–Crippen LogP) is 1.86. The Morgan fingerprint density at radius 3 is 3.04 bits per heavy atom. The number of anilines is 1. The van der Waals surface area contributed by atoms with E-state index in [0.717, 1.165) is 5.39 Å². The molecule has 2 amide bonds. The Morgan fingerprint density at radius 1 is 1.32 bits per heavy atom. The third-order valence-corrected chi connectivity index (χ3v) is 4.19. The number of rotatable bonds is 3. The van der Waals surface area contributed by atoms with E-state index >= 15 is 0 Å². The summed E-state index contributed by atoms with van der Waals surface area (Å²) in [5, 5.41) is 15.5. The molecule has 3 N–H and O–H groups in total. The van der Waals surface area contributed by atoms with Gasteiger partial charge in [0.25, 0.3) is 11.8 Å². The fraction of sp³-hybridized carbons (Fsp3) is 0.167. The largest absolute Gasteiger partial charge is 0.459 e. The number of pyridine rings is 1. The molecule has 2 aromatic heterocycles. The molecule has 1 aromatic carbocycles. The van der Waals surface area contributed by atoms with Crippen LogP contribution in [0.4, 0.5) is 5.69 Å². The lowest BCUT2D eigenvalue weighted by Gasteiger charge is -2.18. The summed E-state index contributed by atoms with van der Waals surface area (Å²) in [7, 11) is 0. The zero-order valence-electron chi connectivity index (χ0n) is 13.2. The summed E-state index contributed by atoms with van der Waals surface area (Å²) in [5.74, 6) is -0.0603. The van der Waals surface area contributed by atoms with Gasteiger partial charge in [-0.1, -0.05) is 0 Å². The van der Waals surface area contributed by atoms with Crippen molar-refractivity contribution >= 4 is 28.5 Å². The van der Waals surface area contributed by atoms with Gasteiger partial charge in [-0.3, -0.25) is 14.6 Å². The van der Waals surface area contributed by atoms with Gasteiger partial charge in [0.1, 0.15) is 18.0 Å². The number of nitrogens with zero attached hydrogens (tertiary/aromatic N) is 1. The Hall–Kier alpha value is -3.19. The molecule has 7 heteroatoms. The highest BCUT2D eigenvalue weighted by molar-refractivity contribution is 6.08.